The van der Waals surface area contributed by atoms with Crippen LogP contribution in [0.25, 0.3) is 0 Å². The van der Waals surface area contributed by atoms with Gasteiger partial charge in [-0.2, -0.15) is 0 Å². The second kappa shape index (κ2) is 12.5. The number of aromatic nitrogens is 1. The van der Waals surface area contributed by atoms with Gasteiger partial charge in [-0.3, -0.25) is 4.99 Å². The van der Waals surface area contributed by atoms with E-state index in [-0.39, 0.29) is 24.0 Å². The van der Waals surface area contributed by atoms with Crippen LogP contribution in [0.15, 0.2) is 47.6 Å². The van der Waals surface area contributed by atoms with Crippen molar-refractivity contribution in [3.05, 3.63) is 48.2 Å². The molecule has 2 heterocycles. The highest BCUT2D eigenvalue weighted by Gasteiger charge is 2.25. The molecule has 30 heavy (non-hydrogen) atoms. The summed E-state index contributed by atoms with van der Waals surface area (Å²) in [5.74, 6) is 2.37. The van der Waals surface area contributed by atoms with Crippen molar-refractivity contribution >= 4 is 35.6 Å². The molecule has 8 heteroatoms. The Morgan fingerprint density at radius 1 is 1.27 bits per heavy atom. The van der Waals surface area contributed by atoms with Crippen LogP contribution in [0.4, 0.5) is 5.69 Å². The van der Waals surface area contributed by atoms with Crippen molar-refractivity contribution < 1.29 is 9.47 Å². The van der Waals surface area contributed by atoms with Gasteiger partial charge in [0.05, 0.1) is 19.4 Å². The highest BCUT2D eigenvalue weighted by Crippen LogP contribution is 2.30. The van der Waals surface area contributed by atoms with Gasteiger partial charge in [0.25, 0.3) is 0 Å². The number of pyridine rings is 1. The monoisotopic (exact) mass is 525 g/mol. The van der Waals surface area contributed by atoms with E-state index >= 15 is 0 Å². The normalized spacial score (nSPS) is 16.0. The molecule has 1 atom stereocenters. The van der Waals surface area contributed by atoms with E-state index in [0.29, 0.717) is 25.1 Å². The largest absolute Gasteiger partial charge is 0.495 e. The molecule has 0 spiro atoms. The van der Waals surface area contributed by atoms with Crippen LogP contribution in [0, 0.1) is 0 Å². The molecule has 2 N–H and O–H groups in total. The molecule has 1 unspecified atom stereocenters. The second-order valence-corrected chi connectivity index (χ2v) is 7.03. The third kappa shape index (κ3) is 6.65. The SMILES string of the molecule is CCCOc1ccc(CNC(=NC)NC2CCN(c3ccccc3OC)C2)cn1.I. The summed E-state index contributed by atoms with van der Waals surface area (Å²) in [6.45, 7) is 5.32. The standard InChI is InChI=1S/C22H31N5O2.HI/c1-4-13-29-21-10-9-17(14-24-21)15-25-22(23-2)26-18-11-12-27(16-18)19-7-5-6-8-20(19)28-3;/h5-10,14,18H,4,11-13,15-16H2,1-3H3,(H2,23,25,26);1H. The van der Waals surface area contributed by atoms with E-state index < -0.39 is 0 Å². The molecule has 0 saturated carbocycles. The number of para-hydroxylation sites is 2. The molecule has 7 nitrogen and oxygen atoms in total. The zero-order valence-corrected chi connectivity index (χ0v) is 20.3. The second-order valence-electron chi connectivity index (χ2n) is 7.03. The number of halogens is 1. The predicted molar refractivity (Wildman–Crippen MR) is 132 cm³/mol. The maximum atomic E-state index is 5.53. The summed E-state index contributed by atoms with van der Waals surface area (Å²) in [5.41, 5.74) is 2.22. The predicted octanol–water partition coefficient (Wildman–Crippen LogP) is 3.44. The van der Waals surface area contributed by atoms with Crippen LogP contribution < -0.4 is 25.0 Å². The maximum absolute atomic E-state index is 5.53. The summed E-state index contributed by atoms with van der Waals surface area (Å²) in [4.78, 5) is 11.1. The average Bonchev–Trinajstić information content (AvgIpc) is 3.24. The smallest absolute Gasteiger partial charge is 0.213 e. The molecule has 1 fully saturated rings. The number of aliphatic imine (C=N–C) groups is 1. The molecule has 1 saturated heterocycles. The molecule has 1 aliphatic rings. The topological polar surface area (TPSA) is 71.0 Å². The van der Waals surface area contributed by atoms with Crippen molar-refractivity contribution in [2.24, 2.45) is 4.99 Å². The highest BCUT2D eigenvalue weighted by atomic mass is 127. The molecule has 1 aromatic heterocycles. The van der Waals surface area contributed by atoms with Crippen LogP contribution in [-0.2, 0) is 6.54 Å². The van der Waals surface area contributed by atoms with Gasteiger partial charge in [-0.15, -0.1) is 24.0 Å². The summed E-state index contributed by atoms with van der Waals surface area (Å²) in [5, 5.41) is 6.89. The third-order valence-corrected chi connectivity index (χ3v) is 4.89. The van der Waals surface area contributed by atoms with Gasteiger partial charge in [0, 0.05) is 45.0 Å². The fraction of sp³-hybridized carbons (Fsp3) is 0.455. The van der Waals surface area contributed by atoms with Gasteiger partial charge in [0.2, 0.25) is 5.88 Å². The molecule has 1 aromatic carbocycles. The van der Waals surface area contributed by atoms with E-state index in [2.05, 4.69) is 38.5 Å². The van der Waals surface area contributed by atoms with Crippen molar-refractivity contribution in [3.8, 4) is 11.6 Å². The first kappa shape index (κ1) is 24.0. The van der Waals surface area contributed by atoms with E-state index in [9.17, 15) is 0 Å². The minimum Gasteiger partial charge on any atom is -0.495 e. The minimum absolute atomic E-state index is 0. The van der Waals surface area contributed by atoms with Crippen molar-refractivity contribution in [1.82, 2.24) is 15.6 Å². The first-order valence-electron chi connectivity index (χ1n) is 10.2. The number of hydrogen-bond donors (Lipinski definition) is 2. The van der Waals surface area contributed by atoms with Crippen LogP contribution in [-0.4, -0.2) is 50.8 Å². The summed E-state index contributed by atoms with van der Waals surface area (Å²) < 4.78 is 11.0. The molecule has 0 amide bonds. The first-order valence-corrected chi connectivity index (χ1v) is 10.2. The molecule has 0 aliphatic carbocycles. The van der Waals surface area contributed by atoms with Gasteiger partial charge in [0.1, 0.15) is 5.75 Å². The number of benzene rings is 1. The Morgan fingerprint density at radius 2 is 2.10 bits per heavy atom. The summed E-state index contributed by atoms with van der Waals surface area (Å²) >= 11 is 0. The van der Waals surface area contributed by atoms with Crippen LogP contribution in [0.5, 0.6) is 11.6 Å². The lowest BCUT2D eigenvalue weighted by Crippen LogP contribution is -2.44. The molecule has 2 aromatic rings. The van der Waals surface area contributed by atoms with Crippen molar-refractivity contribution in [1.29, 1.82) is 0 Å². The van der Waals surface area contributed by atoms with Gasteiger partial charge in [-0.25, -0.2) is 4.98 Å². The Bertz CT molecular complexity index is 800. The summed E-state index contributed by atoms with van der Waals surface area (Å²) in [7, 11) is 3.51. The molecule has 3 rings (SSSR count). The van der Waals surface area contributed by atoms with Crippen molar-refractivity contribution in [2.45, 2.75) is 32.4 Å². The lowest BCUT2D eigenvalue weighted by Gasteiger charge is -2.22. The number of rotatable bonds is 8. The molecule has 0 bridgehead atoms. The van der Waals surface area contributed by atoms with Crippen molar-refractivity contribution in [2.75, 3.05) is 38.8 Å². The Hall–Kier alpha value is -2.23. The van der Waals surface area contributed by atoms with Gasteiger partial charge < -0.3 is 25.0 Å². The van der Waals surface area contributed by atoms with Crippen LogP contribution in [0.1, 0.15) is 25.3 Å². The lowest BCUT2D eigenvalue weighted by molar-refractivity contribution is 0.305. The number of hydrogen-bond acceptors (Lipinski definition) is 5. The molecular formula is C22H32IN5O2. The number of methoxy groups -OCH3 is 1. The summed E-state index contributed by atoms with van der Waals surface area (Å²) in [6.07, 6.45) is 3.86. The number of ether oxygens (including phenoxy) is 2. The molecule has 1 aliphatic heterocycles. The quantitative estimate of drug-likeness (QED) is 0.313. The van der Waals surface area contributed by atoms with E-state index in [1.54, 1.807) is 14.2 Å². The fourth-order valence-corrected chi connectivity index (χ4v) is 3.37. The summed E-state index contributed by atoms with van der Waals surface area (Å²) in [6, 6.07) is 12.4. The Labute approximate surface area is 196 Å². The van der Waals surface area contributed by atoms with Gasteiger partial charge >= 0.3 is 0 Å². The Kier molecular flexibility index (Phi) is 9.99. The molecular weight excluding hydrogens is 493 g/mol. The van der Waals surface area contributed by atoms with E-state index in [4.69, 9.17) is 9.47 Å². The maximum Gasteiger partial charge on any atom is 0.213 e. The number of guanidine groups is 1. The Balaban J connectivity index is 0.00000320. The zero-order valence-electron chi connectivity index (χ0n) is 17.9. The van der Waals surface area contributed by atoms with Crippen LogP contribution in [0.3, 0.4) is 0 Å². The molecule has 164 valence electrons. The third-order valence-electron chi connectivity index (χ3n) is 4.89. The van der Waals surface area contributed by atoms with E-state index in [0.717, 1.165) is 48.9 Å². The van der Waals surface area contributed by atoms with E-state index in [1.165, 1.54) is 0 Å². The number of nitrogens with zero attached hydrogens (tertiary/aromatic N) is 3. The Morgan fingerprint density at radius 3 is 2.80 bits per heavy atom. The first-order chi connectivity index (χ1) is 14.2. The fourth-order valence-electron chi connectivity index (χ4n) is 3.37. The van der Waals surface area contributed by atoms with Gasteiger partial charge in [-0.1, -0.05) is 25.1 Å². The lowest BCUT2D eigenvalue weighted by atomic mass is 10.2. The number of nitrogens with one attached hydrogen (secondary N) is 2. The molecule has 0 radical (unpaired) electrons. The average molecular weight is 525 g/mol. The van der Waals surface area contributed by atoms with E-state index in [1.807, 2.05) is 36.5 Å². The van der Waals surface area contributed by atoms with Crippen molar-refractivity contribution in [3.63, 3.8) is 0 Å². The number of anilines is 1. The van der Waals surface area contributed by atoms with Crippen LogP contribution in [0.2, 0.25) is 0 Å². The van der Waals surface area contributed by atoms with Gasteiger partial charge in [0.15, 0.2) is 5.96 Å². The minimum atomic E-state index is 0. The van der Waals surface area contributed by atoms with Gasteiger partial charge in [-0.05, 0) is 30.5 Å². The highest BCUT2D eigenvalue weighted by molar-refractivity contribution is 14.0. The zero-order chi connectivity index (χ0) is 20.5. The van der Waals surface area contributed by atoms with Crippen LogP contribution >= 0.6 is 24.0 Å².